The average molecular weight is 395 g/mol. The number of benzene rings is 2. The Morgan fingerprint density at radius 2 is 1.86 bits per heavy atom. The topological polar surface area (TPSA) is 55.4 Å². The van der Waals surface area contributed by atoms with Gasteiger partial charge in [0.05, 0.1) is 18.4 Å². The molecule has 0 fully saturated rings. The van der Waals surface area contributed by atoms with Crippen LogP contribution in [0.4, 0.5) is 5.69 Å². The molecule has 0 aliphatic rings. The number of rotatable bonds is 3. The van der Waals surface area contributed by atoms with E-state index in [1.165, 1.54) is 7.11 Å². The van der Waals surface area contributed by atoms with Gasteiger partial charge in [0.2, 0.25) is 0 Å². The Kier molecular flexibility index (Phi) is 4.95. The first-order chi connectivity index (χ1) is 10.0. The van der Waals surface area contributed by atoms with E-state index in [2.05, 4.69) is 27.9 Å². The maximum absolute atomic E-state index is 12.3. The molecule has 2 aromatic carbocycles. The molecule has 0 bridgehead atoms. The van der Waals surface area contributed by atoms with Crippen molar-refractivity contribution in [1.82, 2.24) is 0 Å². The average Bonchev–Trinajstić information content (AvgIpc) is 2.49. The maximum Gasteiger partial charge on any atom is 0.339 e. The summed E-state index contributed by atoms with van der Waals surface area (Å²) in [6.07, 6.45) is 0. The summed E-state index contributed by atoms with van der Waals surface area (Å²) in [5.41, 5.74) is 2.42. The lowest BCUT2D eigenvalue weighted by Crippen LogP contribution is -2.15. The minimum absolute atomic E-state index is 0.260. The molecule has 0 aromatic heterocycles. The van der Waals surface area contributed by atoms with Gasteiger partial charge in [0.25, 0.3) is 5.91 Å². The zero-order valence-electron chi connectivity index (χ0n) is 11.6. The molecule has 4 nitrogen and oxygen atoms in total. The van der Waals surface area contributed by atoms with Crippen LogP contribution in [0.1, 0.15) is 26.3 Å². The summed E-state index contributed by atoms with van der Waals surface area (Å²) in [5, 5.41) is 2.75. The number of ether oxygens (including phenoxy) is 1. The van der Waals surface area contributed by atoms with Gasteiger partial charge in [-0.2, -0.15) is 0 Å². The largest absolute Gasteiger partial charge is 0.465 e. The smallest absolute Gasteiger partial charge is 0.339 e. The quantitative estimate of drug-likeness (QED) is 0.638. The third-order valence-corrected chi connectivity index (χ3v) is 4.18. The highest BCUT2D eigenvalue weighted by atomic mass is 127. The lowest BCUT2D eigenvalue weighted by Gasteiger charge is -2.10. The molecule has 0 saturated carbocycles. The normalized spacial score (nSPS) is 10.0. The van der Waals surface area contributed by atoms with Crippen molar-refractivity contribution < 1.29 is 14.3 Å². The summed E-state index contributed by atoms with van der Waals surface area (Å²) >= 11 is 2.18. The molecular weight excluding hydrogens is 381 g/mol. The van der Waals surface area contributed by atoms with Gasteiger partial charge < -0.3 is 10.1 Å². The van der Waals surface area contributed by atoms with Gasteiger partial charge in [-0.1, -0.05) is 18.2 Å². The standard InChI is InChI=1S/C16H14INO3/c1-10-7-8-11(9-13(10)17)15(19)18-14-6-4-3-5-12(14)16(20)21-2/h3-9H,1-2H3,(H,18,19). The number of esters is 1. The van der Waals surface area contributed by atoms with E-state index in [1.807, 2.05) is 19.1 Å². The first-order valence-corrected chi connectivity index (χ1v) is 7.35. The summed E-state index contributed by atoms with van der Waals surface area (Å²) < 4.78 is 5.72. The van der Waals surface area contributed by atoms with Crippen molar-refractivity contribution in [3.63, 3.8) is 0 Å². The van der Waals surface area contributed by atoms with Gasteiger partial charge in [0, 0.05) is 9.13 Å². The van der Waals surface area contributed by atoms with E-state index in [0.717, 1.165) is 9.13 Å². The molecule has 0 aliphatic heterocycles. The Balaban J connectivity index is 2.27. The summed E-state index contributed by atoms with van der Waals surface area (Å²) in [7, 11) is 1.31. The van der Waals surface area contributed by atoms with Crippen LogP contribution >= 0.6 is 22.6 Å². The van der Waals surface area contributed by atoms with Gasteiger partial charge in [-0.3, -0.25) is 4.79 Å². The van der Waals surface area contributed by atoms with E-state index < -0.39 is 5.97 Å². The number of methoxy groups -OCH3 is 1. The van der Waals surface area contributed by atoms with Gasteiger partial charge in [0.15, 0.2) is 0 Å². The van der Waals surface area contributed by atoms with Crippen molar-refractivity contribution in [2.75, 3.05) is 12.4 Å². The predicted molar refractivity (Wildman–Crippen MR) is 89.6 cm³/mol. The number of carbonyl (C=O) groups is 2. The number of hydrogen-bond acceptors (Lipinski definition) is 3. The number of anilines is 1. The SMILES string of the molecule is COC(=O)c1ccccc1NC(=O)c1ccc(C)c(I)c1. The molecule has 5 heteroatoms. The number of carbonyl (C=O) groups excluding carboxylic acids is 2. The van der Waals surface area contributed by atoms with Crippen molar-refractivity contribution >= 4 is 40.2 Å². The molecule has 108 valence electrons. The molecule has 0 heterocycles. The van der Waals surface area contributed by atoms with E-state index in [0.29, 0.717) is 16.8 Å². The molecule has 2 aromatic rings. The molecule has 1 N–H and O–H groups in total. The Hall–Kier alpha value is -1.89. The fourth-order valence-corrected chi connectivity index (χ4v) is 2.32. The van der Waals surface area contributed by atoms with Gasteiger partial charge in [-0.25, -0.2) is 4.79 Å². The summed E-state index contributed by atoms with van der Waals surface area (Å²) in [5.74, 6) is -0.742. The lowest BCUT2D eigenvalue weighted by atomic mass is 10.1. The lowest BCUT2D eigenvalue weighted by molar-refractivity contribution is 0.0602. The molecule has 0 unspecified atom stereocenters. The second kappa shape index (κ2) is 6.71. The molecular formula is C16H14INO3. The van der Waals surface area contributed by atoms with E-state index in [4.69, 9.17) is 4.74 Å². The molecule has 0 atom stereocenters. The summed E-state index contributed by atoms with van der Waals surface area (Å²) in [6, 6.07) is 12.2. The van der Waals surface area contributed by atoms with E-state index in [1.54, 1.807) is 30.3 Å². The predicted octanol–water partition coefficient (Wildman–Crippen LogP) is 3.64. The van der Waals surface area contributed by atoms with Gasteiger partial charge in [-0.15, -0.1) is 0 Å². The van der Waals surface area contributed by atoms with E-state index >= 15 is 0 Å². The minimum Gasteiger partial charge on any atom is -0.465 e. The Morgan fingerprint density at radius 3 is 2.52 bits per heavy atom. The van der Waals surface area contributed by atoms with Crippen LogP contribution in [0.3, 0.4) is 0 Å². The second-order valence-electron chi connectivity index (χ2n) is 4.46. The van der Waals surface area contributed by atoms with E-state index in [-0.39, 0.29) is 5.91 Å². The third kappa shape index (κ3) is 3.60. The van der Waals surface area contributed by atoms with E-state index in [9.17, 15) is 9.59 Å². The fourth-order valence-electron chi connectivity index (χ4n) is 1.81. The van der Waals surface area contributed by atoms with Crippen LogP contribution in [0.2, 0.25) is 0 Å². The molecule has 2 rings (SSSR count). The number of halogens is 1. The molecule has 21 heavy (non-hydrogen) atoms. The first kappa shape index (κ1) is 15.5. The zero-order valence-corrected chi connectivity index (χ0v) is 13.8. The van der Waals surface area contributed by atoms with Gasteiger partial charge >= 0.3 is 5.97 Å². The van der Waals surface area contributed by atoms with Crippen molar-refractivity contribution in [2.45, 2.75) is 6.92 Å². The number of hydrogen-bond donors (Lipinski definition) is 1. The Bertz CT molecular complexity index is 698. The monoisotopic (exact) mass is 395 g/mol. The maximum atomic E-state index is 12.3. The number of aryl methyl sites for hydroxylation is 1. The van der Waals surface area contributed by atoms with Gasteiger partial charge in [-0.05, 0) is 59.3 Å². The third-order valence-electron chi connectivity index (χ3n) is 3.01. The Morgan fingerprint density at radius 1 is 1.14 bits per heavy atom. The van der Waals surface area contributed by atoms with Gasteiger partial charge in [0.1, 0.15) is 0 Å². The van der Waals surface area contributed by atoms with Crippen LogP contribution in [-0.2, 0) is 4.74 Å². The second-order valence-corrected chi connectivity index (χ2v) is 5.62. The highest BCUT2D eigenvalue weighted by molar-refractivity contribution is 14.1. The van der Waals surface area contributed by atoms with Crippen LogP contribution in [0, 0.1) is 10.5 Å². The fraction of sp³-hybridized carbons (Fsp3) is 0.125. The van der Waals surface area contributed by atoms with Crippen LogP contribution in [0.5, 0.6) is 0 Å². The summed E-state index contributed by atoms with van der Waals surface area (Å²) in [4.78, 5) is 24.0. The molecule has 0 spiro atoms. The molecule has 0 radical (unpaired) electrons. The van der Waals surface area contributed by atoms with Crippen LogP contribution in [0.25, 0.3) is 0 Å². The molecule has 0 saturated heterocycles. The number of nitrogens with one attached hydrogen (secondary N) is 1. The molecule has 0 aliphatic carbocycles. The van der Waals surface area contributed by atoms with Crippen LogP contribution in [-0.4, -0.2) is 19.0 Å². The van der Waals surface area contributed by atoms with Crippen LogP contribution in [0.15, 0.2) is 42.5 Å². The molecule has 1 amide bonds. The number of para-hydroxylation sites is 1. The summed E-state index contributed by atoms with van der Waals surface area (Å²) in [6.45, 7) is 1.98. The Labute approximate surface area is 136 Å². The zero-order chi connectivity index (χ0) is 15.4. The first-order valence-electron chi connectivity index (χ1n) is 6.27. The highest BCUT2D eigenvalue weighted by Gasteiger charge is 2.14. The van der Waals surface area contributed by atoms with Crippen molar-refractivity contribution in [1.29, 1.82) is 0 Å². The van der Waals surface area contributed by atoms with Crippen molar-refractivity contribution in [3.8, 4) is 0 Å². The van der Waals surface area contributed by atoms with Crippen LogP contribution < -0.4 is 5.32 Å². The minimum atomic E-state index is -0.482. The van der Waals surface area contributed by atoms with Crippen molar-refractivity contribution in [3.05, 3.63) is 62.7 Å². The van der Waals surface area contributed by atoms with Crippen molar-refractivity contribution in [2.24, 2.45) is 0 Å². The number of amides is 1. The highest BCUT2D eigenvalue weighted by Crippen LogP contribution is 2.19.